The number of halogens is 1. The number of aromatic amines is 1. The lowest BCUT2D eigenvalue weighted by molar-refractivity contribution is -0.123. The van der Waals surface area contributed by atoms with Crippen LogP contribution in [0, 0.1) is 17.2 Å². The normalized spacial score (nSPS) is 19.4. The predicted molar refractivity (Wildman–Crippen MR) is 60.7 cm³/mol. The number of amides is 2. The largest absolute Gasteiger partial charge is 0.369 e. The zero-order chi connectivity index (χ0) is 12.6. The Morgan fingerprint density at radius 1 is 1.71 bits per heavy atom. The molecule has 8 heteroatoms. The highest BCUT2D eigenvalue weighted by atomic mass is 79.9. The number of nitrogens with one attached hydrogen (secondary N) is 1. The molecule has 2 amide bonds. The third-order valence-electron chi connectivity index (χ3n) is 2.60. The van der Waals surface area contributed by atoms with Gasteiger partial charge in [-0.25, -0.2) is 0 Å². The summed E-state index contributed by atoms with van der Waals surface area (Å²) in [7, 11) is 0. The van der Waals surface area contributed by atoms with Gasteiger partial charge in [-0.05, 0) is 15.9 Å². The second-order valence-corrected chi connectivity index (χ2v) is 4.45. The molecule has 1 aliphatic heterocycles. The van der Waals surface area contributed by atoms with Crippen LogP contribution in [0.25, 0.3) is 0 Å². The summed E-state index contributed by atoms with van der Waals surface area (Å²) < 4.78 is 0.408. The number of primary amides is 1. The number of H-pyrrole nitrogens is 1. The number of hydrogen-bond donors (Lipinski definition) is 2. The quantitative estimate of drug-likeness (QED) is 0.791. The van der Waals surface area contributed by atoms with Crippen molar-refractivity contribution in [3.63, 3.8) is 0 Å². The first kappa shape index (κ1) is 11.6. The average Bonchev–Trinajstić information content (AvgIpc) is 2.81. The molecule has 0 bridgehead atoms. The molecule has 1 fully saturated rings. The van der Waals surface area contributed by atoms with E-state index in [9.17, 15) is 9.59 Å². The van der Waals surface area contributed by atoms with Gasteiger partial charge in [0.1, 0.15) is 16.2 Å². The molecule has 1 aromatic heterocycles. The molecular weight excluding hydrogens is 290 g/mol. The maximum Gasteiger partial charge on any atom is 0.229 e. The topological polar surface area (TPSA) is 116 Å². The molecule has 0 saturated carbocycles. The molecule has 0 aromatic carbocycles. The van der Waals surface area contributed by atoms with Gasteiger partial charge in [0, 0.05) is 13.0 Å². The Bertz CT molecular complexity index is 532. The summed E-state index contributed by atoms with van der Waals surface area (Å²) in [5.41, 5.74) is 5.40. The van der Waals surface area contributed by atoms with E-state index in [-0.39, 0.29) is 30.3 Å². The molecule has 88 valence electrons. The molecule has 1 aromatic rings. The van der Waals surface area contributed by atoms with Gasteiger partial charge in [-0.3, -0.25) is 19.6 Å². The van der Waals surface area contributed by atoms with Gasteiger partial charge in [0.2, 0.25) is 11.8 Å². The summed E-state index contributed by atoms with van der Waals surface area (Å²) in [6.07, 6.45) is 0.0602. The van der Waals surface area contributed by atoms with Crippen molar-refractivity contribution in [3.05, 3.63) is 10.2 Å². The van der Waals surface area contributed by atoms with Crippen molar-refractivity contribution < 1.29 is 9.59 Å². The fraction of sp³-hybridized carbons (Fsp3) is 0.333. The van der Waals surface area contributed by atoms with Crippen LogP contribution in [0.3, 0.4) is 0 Å². The summed E-state index contributed by atoms with van der Waals surface area (Å²) >= 11 is 3.12. The van der Waals surface area contributed by atoms with Crippen molar-refractivity contribution in [2.75, 3.05) is 11.4 Å². The second kappa shape index (κ2) is 4.18. The molecule has 0 aliphatic carbocycles. The summed E-state index contributed by atoms with van der Waals surface area (Å²) in [5, 5.41) is 15.4. The highest BCUT2D eigenvalue weighted by Gasteiger charge is 2.36. The van der Waals surface area contributed by atoms with Crippen LogP contribution in [-0.4, -0.2) is 28.6 Å². The predicted octanol–water partition coefficient (Wildman–Crippen LogP) is -0.118. The molecule has 1 atom stereocenters. The first-order chi connectivity index (χ1) is 8.04. The van der Waals surface area contributed by atoms with Crippen molar-refractivity contribution in [2.45, 2.75) is 6.42 Å². The Morgan fingerprint density at radius 2 is 2.41 bits per heavy atom. The molecule has 7 nitrogen and oxygen atoms in total. The SMILES string of the molecule is N#Cc1c(N2CC(C(N)=O)CC2=O)n[nH]c1Br. The number of carbonyl (C=O) groups excluding carboxylic acids is 2. The minimum atomic E-state index is -0.524. The molecule has 1 aliphatic rings. The minimum Gasteiger partial charge on any atom is -0.369 e. The van der Waals surface area contributed by atoms with Crippen LogP contribution in [0.5, 0.6) is 0 Å². The molecule has 1 unspecified atom stereocenters. The highest BCUT2D eigenvalue weighted by molar-refractivity contribution is 9.10. The Labute approximate surface area is 105 Å². The van der Waals surface area contributed by atoms with Crippen LogP contribution in [0.2, 0.25) is 0 Å². The van der Waals surface area contributed by atoms with E-state index in [2.05, 4.69) is 26.1 Å². The van der Waals surface area contributed by atoms with Gasteiger partial charge in [-0.15, -0.1) is 0 Å². The number of hydrogen-bond acceptors (Lipinski definition) is 4. The Kier molecular flexibility index (Phi) is 2.85. The third kappa shape index (κ3) is 1.89. The summed E-state index contributed by atoms with van der Waals surface area (Å²) in [5.74, 6) is -1.07. The van der Waals surface area contributed by atoms with Gasteiger partial charge in [0.25, 0.3) is 0 Å². The van der Waals surface area contributed by atoms with Crippen LogP contribution in [0.1, 0.15) is 12.0 Å². The van der Waals surface area contributed by atoms with Crippen LogP contribution < -0.4 is 10.6 Å². The zero-order valence-corrected chi connectivity index (χ0v) is 10.2. The Balaban J connectivity index is 2.33. The van der Waals surface area contributed by atoms with Crippen LogP contribution in [-0.2, 0) is 9.59 Å². The van der Waals surface area contributed by atoms with Crippen molar-refractivity contribution in [3.8, 4) is 6.07 Å². The summed E-state index contributed by atoms with van der Waals surface area (Å²) in [6, 6.07) is 1.93. The minimum absolute atomic E-state index is 0.0602. The standard InChI is InChI=1S/C9H8BrN5O2/c10-7-5(2-11)9(14-13-7)15-3-4(8(12)17)1-6(15)16/h4H,1,3H2,(H2,12,17)(H,13,14). The molecular formula is C9H8BrN5O2. The van der Waals surface area contributed by atoms with Crippen molar-refractivity contribution in [1.82, 2.24) is 10.2 Å². The van der Waals surface area contributed by atoms with E-state index >= 15 is 0 Å². The van der Waals surface area contributed by atoms with Gasteiger partial charge in [0.15, 0.2) is 5.82 Å². The van der Waals surface area contributed by atoms with Gasteiger partial charge in [0.05, 0.1) is 5.92 Å². The van der Waals surface area contributed by atoms with Crippen LogP contribution in [0.15, 0.2) is 4.60 Å². The van der Waals surface area contributed by atoms with E-state index in [0.29, 0.717) is 4.60 Å². The maximum atomic E-state index is 11.7. The fourth-order valence-corrected chi connectivity index (χ4v) is 2.06. The van der Waals surface area contributed by atoms with E-state index in [1.807, 2.05) is 6.07 Å². The number of nitrogens with two attached hydrogens (primary N) is 1. The first-order valence-electron chi connectivity index (χ1n) is 4.78. The van der Waals surface area contributed by atoms with E-state index < -0.39 is 11.8 Å². The van der Waals surface area contributed by atoms with Gasteiger partial charge in [-0.2, -0.15) is 10.4 Å². The lowest BCUT2D eigenvalue weighted by atomic mass is 10.1. The number of nitrogens with zero attached hydrogens (tertiary/aromatic N) is 3. The zero-order valence-electron chi connectivity index (χ0n) is 8.61. The van der Waals surface area contributed by atoms with Gasteiger partial charge < -0.3 is 5.73 Å². The van der Waals surface area contributed by atoms with Crippen molar-refractivity contribution in [2.24, 2.45) is 11.7 Å². The van der Waals surface area contributed by atoms with Gasteiger partial charge >= 0.3 is 0 Å². The third-order valence-corrected chi connectivity index (χ3v) is 3.17. The molecule has 17 heavy (non-hydrogen) atoms. The summed E-state index contributed by atoms with van der Waals surface area (Å²) in [4.78, 5) is 24.0. The van der Waals surface area contributed by atoms with Gasteiger partial charge in [-0.1, -0.05) is 0 Å². The second-order valence-electron chi connectivity index (χ2n) is 3.66. The first-order valence-corrected chi connectivity index (χ1v) is 5.57. The van der Waals surface area contributed by atoms with E-state index in [0.717, 1.165) is 0 Å². The summed E-state index contributed by atoms with van der Waals surface area (Å²) in [6.45, 7) is 0.167. The number of carbonyl (C=O) groups is 2. The highest BCUT2D eigenvalue weighted by Crippen LogP contribution is 2.29. The molecule has 0 spiro atoms. The van der Waals surface area contributed by atoms with Crippen LogP contribution >= 0.6 is 15.9 Å². The number of anilines is 1. The maximum absolute atomic E-state index is 11.7. The van der Waals surface area contributed by atoms with Crippen molar-refractivity contribution >= 4 is 33.6 Å². The number of rotatable bonds is 2. The molecule has 2 heterocycles. The van der Waals surface area contributed by atoms with E-state index in [4.69, 9.17) is 11.0 Å². The Morgan fingerprint density at radius 3 is 2.94 bits per heavy atom. The lowest BCUT2D eigenvalue weighted by Gasteiger charge is -2.12. The Hall–Kier alpha value is -1.88. The smallest absolute Gasteiger partial charge is 0.229 e. The lowest BCUT2D eigenvalue weighted by Crippen LogP contribution is -2.29. The monoisotopic (exact) mass is 297 g/mol. The fourth-order valence-electron chi connectivity index (χ4n) is 1.71. The molecule has 0 radical (unpaired) electrons. The van der Waals surface area contributed by atoms with Crippen molar-refractivity contribution in [1.29, 1.82) is 5.26 Å². The van der Waals surface area contributed by atoms with E-state index in [1.165, 1.54) is 4.90 Å². The molecule has 3 N–H and O–H groups in total. The molecule has 2 rings (SSSR count). The number of aromatic nitrogens is 2. The average molecular weight is 298 g/mol. The van der Waals surface area contributed by atoms with E-state index in [1.54, 1.807) is 0 Å². The molecule has 1 saturated heterocycles. The number of nitriles is 1. The van der Waals surface area contributed by atoms with Crippen LogP contribution in [0.4, 0.5) is 5.82 Å².